The Hall–Kier alpha value is -2.19. The van der Waals surface area contributed by atoms with E-state index >= 15 is 0 Å². The lowest BCUT2D eigenvalue weighted by atomic mass is 10.2. The van der Waals surface area contributed by atoms with E-state index in [4.69, 9.17) is 0 Å². The van der Waals surface area contributed by atoms with Crippen LogP contribution in [0.1, 0.15) is 20.1 Å². The van der Waals surface area contributed by atoms with Crippen LogP contribution >= 0.6 is 27.3 Å². The van der Waals surface area contributed by atoms with Gasteiger partial charge in [0.2, 0.25) is 11.8 Å². The normalized spacial score (nSPS) is 10.2. The van der Waals surface area contributed by atoms with Gasteiger partial charge in [-0.2, -0.15) is 0 Å². The molecule has 0 radical (unpaired) electrons. The zero-order valence-electron chi connectivity index (χ0n) is 13.8. The summed E-state index contributed by atoms with van der Waals surface area (Å²) in [5.41, 5.74) is 1.65. The van der Waals surface area contributed by atoms with Crippen LogP contribution in [0.2, 0.25) is 0 Å². The fraction of sp³-hybridized carbons (Fsp3) is 0.235. The topological polar surface area (TPSA) is 87.3 Å². The molecule has 0 aliphatic rings. The van der Waals surface area contributed by atoms with Crippen molar-refractivity contribution in [1.82, 2.24) is 10.6 Å². The van der Waals surface area contributed by atoms with Gasteiger partial charge in [0.15, 0.2) is 0 Å². The number of hydrogen-bond donors (Lipinski definition) is 3. The van der Waals surface area contributed by atoms with Crippen molar-refractivity contribution in [3.63, 3.8) is 0 Å². The van der Waals surface area contributed by atoms with Crippen LogP contribution in [0, 0.1) is 13.8 Å². The molecular weight excluding hydrogens is 406 g/mol. The molecule has 25 heavy (non-hydrogen) atoms. The summed E-state index contributed by atoms with van der Waals surface area (Å²) in [4.78, 5) is 37.0. The van der Waals surface area contributed by atoms with Crippen molar-refractivity contribution in [3.8, 4) is 0 Å². The predicted molar refractivity (Wildman–Crippen MR) is 102 cm³/mol. The number of amides is 3. The van der Waals surface area contributed by atoms with Crippen LogP contribution in [0.4, 0.5) is 5.69 Å². The fourth-order valence-corrected chi connectivity index (χ4v) is 3.00. The van der Waals surface area contributed by atoms with Gasteiger partial charge in [0.05, 0.1) is 18.0 Å². The number of carbonyl (C=O) groups excluding carboxylic acids is 3. The molecule has 1 aromatic heterocycles. The number of rotatable bonds is 6. The first-order valence-electron chi connectivity index (χ1n) is 7.52. The highest BCUT2D eigenvalue weighted by atomic mass is 79.9. The molecule has 0 bridgehead atoms. The smallest absolute Gasteiger partial charge is 0.261 e. The first-order valence-corrected chi connectivity index (χ1v) is 9.13. The maximum absolute atomic E-state index is 11.9. The van der Waals surface area contributed by atoms with Crippen LogP contribution in [-0.2, 0) is 9.59 Å². The number of carbonyl (C=O) groups is 3. The van der Waals surface area contributed by atoms with Crippen LogP contribution in [0.3, 0.4) is 0 Å². The van der Waals surface area contributed by atoms with E-state index in [0.717, 1.165) is 14.9 Å². The summed E-state index contributed by atoms with van der Waals surface area (Å²) in [7, 11) is 0. The minimum atomic E-state index is -0.427. The van der Waals surface area contributed by atoms with Crippen LogP contribution in [0.25, 0.3) is 0 Å². The monoisotopic (exact) mass is 423 g/mol. The van der Waals surface area contributed by atoms with E-state index in [0.29, 0.717) is 10.6 Å². The zero-order chi connectivity index (χ0) is 18.4. The van der Waals surface area contributed by atoms with Gasteiger partial charge in [-0.25, -0.2) is 0 Å². The number of halogens is 1. The molecule has 132 valence electrons. The minimum absolute atomic E-state index is 0.165. The molecule has 0 aliphatic heterocycles. The molecule has 0 atom stereocenters. The lowest BCUT2D eigenvalue weighted by Crippen LogP contribution is -2.40. The second-order valence-electron chi connectivity index (χ2n) is 5.38. The molecular formula is C17H18BrN3O3S. The Labute approximate surface area is 158 Å². The lowest BCUT2D eigenvalue weighted by molar-refractivity contribution is -0.123. The van der Waals surface area contributed by atoms with Gasteiger partial charge in [-0.3, -0.25) is 14.4 Å². The third-order valence-electron chi connectivity index (χ3n) is 3.26. The Kier molecular flexibility index (Phi) is 6.72. The summed E-state index contributed by atoms with van der Waals surface area (Å²) in [5, 5.41) is 7.69. The third kappa shape index (κ3) is 5.99. The van der Waals surface area contributed by atoms with Crippen molar-refractivity contribution in [2.75, 3.05) is 18.4 Å². The molecule has 3 amide bonds. The Morgan fingerprint density at radius 2 is 1.72 bits per heavy atom. The van der Waals surface area contributed by atoms with Crippen LogP contribution in [0.15, 0.2) is 34.8 Å². The second-order valence-corrected chi connectivity index (χ2v) is 7.52. The van der Waals surface area contributed by atoms with E-state index in [-0.39, 0.29) is 24.9 Å². The largest absolute Gasteiger partial charge is 0.345 e. The first-order chi connectivity index (χ1) is 11.8. The molecule has 8 heteroatoms. The number of benzene rings is 1. The van der Waals surface area contributed by atoms with Crippen molar-refractivity contribution in [2.45, 2.75) is 13.8 Å². The summed E-state index contributed by atoms with van der Waals surface area (Å²) in [6, 6.07) is 8.98. The maximum Gasteiger partial charge on any atom is 0.261 e. The molecule has 0 saturated carbocycles. The van der Waals surface area contributed by atoms with Crippen molar-refractivity contribution in [1.29, 1.82) is 0 Å². The van der Waals surface area contributed by atoms with Crippen LogP contribution in [0.5, 0.6) is 0 Å². The summed E-state index contributed by atoms with van der Waals surface area (Å²) in [5.74, 6) is -1.07. The van der Waals surface area contributed by atoms with Gasteiger partial charge in [0, 0.05) is 15.0 Å². The van der Waals surface area contributed by atoms with E-state index < -0.39 is 5.91 Å². The predicted octanol–water partition coefficient (Wildman–Crippen LogP) is 2.61. The standard InChI is InChI=1S/C17H18BrN3O3S/c1-10-7-12(4-5-13(10)18)21-16(23)9-19-15(22)8-20-17(24)14-6-3-11(2)25-14/h3-7H,8-9H2,1-2H3,(H,19,22)(H,20,24)(H,21,23). The van der Waals surface area contributed by atoms with Gasteiger partial charge in [-0.15, -0.1) is 11.3 Å². The minimum Gasteiger partial charge on any atom is -0.345 e. The van der Waals surface area contributed by atoms with Gasteiger partial charge in [0.1, 0.15) is 0 Å². The molecule has 3 N–H and O–H groups in total. The van der Waals surface area contributed by atoms with Crippen molar-refractivity contribution < 1.29 is 14.4 Å². The molecule has 0 fully saturated rings. The molecule has 6 nitrogen and oxygen atoms in total. The Morgan fingerprint density at radius 1 is 1.00 bits per heavy atom. The molecule has 2 aromatic rings. The lowest BCUT2D eigenvalue weighted by Gasteiger charge is -2.09. The van der Waals surface area contributed by atoms with Gasteiger partial charge in [0.25, 0.3) is 5.91 Å². The van der Waals surface area contributed by atoms with Gasteiger partial charge < -0.3 is 16.0 Å². The molecule has 0 saturated heterocycles. The Bertz CT molecular complexity index is 804. The number of thiophene rings is 1. The van der Waals surface area contributed by atoms with Crippen molar-refractivity contribution in [2.24, 2.45) is 0 Å². The number of hydrogen-bond acceptors (Lipinski definition) is 4. The number of anilines is 1. The highest BCUT2D eigenvalue weighted by molar-refractivity contribution is 9.10. The molecule has 0 aliphatic carbocycles. The number of aryl methyl sites for hydroxylation is 2. The molecule has 0 spiro atoms. The average molecular weight is 424 g/mol. The Morgan fingerprint density at radius 3 is 2.36 bits per heavy atom. The SMILES string of the molecule is Cc1ccc(C(=O)NCC(=O)NCC(=O)Nc2ccc(Br)c(C)c2)s1. The van der Waals surface area contributed by atoms with Crippen LogP contribution < -0.4 is 16.0 Å². The van der Waals surface area contributed by atoms with Crippen molar-refractivity contribution in [3.05, 3.63) is 50.1 Å². The molecule has 1 heterocycles. The second kappa shape index (κ2) is 8.77. The van der Waals surface area contributed by atoms with Crippen LogP contribution in [-0.4, -0.2) is 30.8 Å². The highest BCUT2D eigenvalue weighted by Gasteiger charge is 2.11. The number of nitrogens with one attached hydrogen (secondary N) is 3. The first kappa shape index (κ1) is 19.1. The van der Waals surface area contributed by atoms with E-state index in [1.165, 1.54) is 11.3 Å². The van der Waals surface area contributed by atoms with Gasteiger partial charge >= 0.3 is 0 Å². The van der Waals surface area contributed by atoms with E-state index in [1.807, 2.05) is 32.0 Å². The Balaban J connectivity index is 1.72. The third-order valence-corrected chi connectivity index (χ3v) is 5.15. The van der Waals surface area contributed by atoms with E-state index in [1.54, 1.807) is 12.1 Å². The molecule has 0 unspecified atom stereocenters. The van der Waals surface area contributed by atoms with Gasteiger partial charge in [-0.05, 0) is 49.7 Å². The molecule has 2 rings (SSSR count). The summed E-state index contributed by atoms with van der Waals surface area (Å²) >= 11 is 4.75. The summed E-state index contributed by atoms with van der Waals surface area (Å²) in [6.45, 7) is 3.47. The molecule has 1 aromatic carbocycles. The van der Waals surface area contributed by atoms with E-state index in [9.17, 15) is 14.4 Å². The van der Waals surface area contributed by atoms with Gasteiger partial charge in [-0.1, -0.05) is 15.9 Å². The maximum atomic E-state index is 11.9. The van der Waals surface area contributed by atoms with E-state index in [2.05, 4.69) is 31.9 Å². The average Bonchev–Trinajstić information content (AvgIpc) is 3.00. The zero-order valence-corrected chi connectivity index (χ0v) is 16.2. The fourth-order valence-electron chi connectivity index (χ4n) is 1.97. The quantitative estimate of drug-likeness (QED) is 0.666. The highest BCUT2D eigenvalue weighted by Crippen LogP contribution is 2.19. The van der Waals surface area contributed by atoms with Crippen molar-refractivity contribution >= 4 is 50.7 Å². The summed E-state index contributed by atoms with van der Waals surface area (Å²) < 4.78 is 0.954. The summed E-state index contributed by atoms with van der Waals surface area (Å²) in [6.07, 6.45) is 0.